The van der Waals surface area contributed by atoms with Crippen LogP contribution in [0.2, 0.25) is 0 Å². The molecule has 4 nitrogen and oxygen atoms in total. The first-order valence-corrected chi connectivity index (χ1v) is 7.32. The van der Waals surface area contributed by atoms with Crippen LogP contribution in [0.5, 0.6) is 0 Å². The van der Waals surface area contributed by atoms with Crippen LogP contribution in [0.4, 0.5) is 0 Å². The van der Waals surface area contributed by atoms with E-state index in [4.69, 9.17) is 5.11 Å². The van der Waals surface area contributed by atoms with Crippen molar-refractivity contribution in [1.29, 1.82) is 0 Å². The highest BCUT2D eigenvalue weighted by Gasteiger charge is 2.27. The lowest BCUT2D eigenvalue weighted by atomic mass is 10.1. The van der Waals surface area contributed by atoms with Gasteiger partial charge in [0.2, 0.25) is 0 Å². The highest BCUT2D eigenvalue weighted by atomic mass is 16.4. The van der Waals surface area contributed by atoms with Gasteiger partial charge in [-0.3, -0.25) is 0 Å². The number of fused-ring (bicyclic) bond motifs is 1. The summed E-state index contributed by atoms with van der Waals surface area (Å²) in [6.07, 6.45) is 5.00. The Kier molecular flexibility index (Phi) is 3.24. The molecule has 0 amide bonds. The molecule has 0 aliphatic heterocycles. The van der Waals surface area contributed by atoms with E-state index in [0.29, 0.717) is 11.6 Å². The van der Waals surface area contributed by atoms with E-state index in [1.54, 1.807) is 12.1 Å². The monoisotopic (exact) mass is 272 g/mol. The maximum absolute atomic E-state index is 11.0. The standard InChI is InChI=1S/C16H20N2O2/c1-3-13(8-11-4-5-11)18-10(2)17-14-9-12(16(19)20)6-7-15(14)18/h6-7,9,11,13H,3-5,8H2,1-2H3,(H,19,20). The molecule has 2 aromatic rings. The molecule has 0 spiro atoms. The molecule has 1 aliphatic rings. The molecule has 1 aromatic carbocycles. The lowest BCUT2D eigenvalue weighted by molar-refractivity contribution is 0.0697. The van der Waals surface area contributed by atoms with Gasteiger partial charge in [-0.05, 0) is 43.9 Å². The van der Waals surface area contributed by atoms with Crippen molar-refractivity contribution in [3.8, 4) is 0 Å². The van der Waals surface area contributed by atoms with Gasteiger partial charge in [0.1, 0.15) is 5.82 Å². The SMILES string of the molecule is CCC(CC1CC1)n1c(C)nc2cc(C(=O)O)ccc21. The van der Waals surface area contributed by atoms with Gasteiger partial charge in [0.05, 0.1) is 16.6 Å². The fourth-order valence-corrected chi connectivity index (χ4v) is 3.01. The first-order chi connectivity index (χ1) is 9.60. The minimum Gasteiger partial charge on any atom is -0.478 e. The van der Waals surface area contributed by atoms with Crippen LogP contribution in [-0.2, 0) is 0 Å². The normalized spacial score (nSPS) is 16.5. The maximum Gasteiger partial charge on any atom is 0.335 e. The van der Waals surface area contributed by atoms with Gasteiger partial charge in [0.15, 0.2) is 0 Å². The van der Waals surface area contributed by atoms with Crippen LogP contribution in [0.25, 0.3) is 11.0 Å². The van der Waals surface area contributed by atoms with Crippen LogP contribution in [-0.4, -0.2) is 20.6 Å². The summed E-state index contributed by atoms with van der Waals surface area (Å²) >= 11 is 0. The van der Waals surface area contributed by atoms with Crippen LogP contribution < -0.4 is 0 Å². The molecule has 1 fully saturated rings. The van der Waals surface area contributed by atoms with Crippen molar-refractivity contribution in [2.24, 2.45) is 5.92 Å². The number of carbonyl (C=O) groups is 1. The third-order valence-corrected chi connectivity index (χ3v) is 4.25. The van der Waals surface area contributed by atoms with Gasteiger partial charge >= 0.3 is 5.97 Å². The number of carboxylic acids is 1. The van der Waals surface area contributed by atoms with Crippen molar-refractivity contribution >= 4 is 17.0 Å². The Bertz CT molecular complexity index is 656. The van der Waals surface area contributed by atoms with Gasteiger partial charge in [-0.1, -0.05) is 19.8 Å². The zero-order chi connectivity index (χ0) is 14.3. The maximum atomic E-state index is 11.0. The van der Waals surface area contributed by atoms with Crippen LogP contribution in [0.3, 0.4) is 0 Å². The largest absolute Gasteiger partial charge is 0.478 e. The average molecular weight is 272 g/mol. The quantitative estimate of drug-likeness (QED) is 0.900. The number of carboxylic acid groups (broad SMARTS) is 1. The second-order valence-electron chi connectivity index (χ2n) is 5.78. The zero-order valence-corrected chi connectivity index (χ0v) is 12.0. The number of rotatable bonds is 5. The molecule has 20 heavy (non-hydrogen) atoms. The summed E-state index contributed by atoms with van der Waals surface area (Å²) < 4.78 is 2.29. The molecule has 4 heteroatoms. The summed E-state index contributed by atoms with van der Waals surface area (Å²) in [5.74, 6) is 0.953. The van der Waals surface area contributed by atoms with Crippen molar-refractivity contribution in [3.63, 3.8) is 0 Å². The van der Waals surface area contributed by atoms with Gasteiger partial charge < -0.3 is 9.67 Å². The number of imidazole rings is 1. The average Bonchev–Trinajstić information content (AvgIpc) is 3.17. The number of aryl methyl sites for hydroxylation is 1. The molecule has 1 aliphatic carbocycles. The Balaban J connectivity index is 2.04. The summed E-state index contributed by atoms with van der Waals surface area (Å²) in [6.45, 7) is 4.22. The van der Waals surface area contributed by atoms with Crippen molar-refractivity contribution in [1.82, 2.24) is 9.55 Å². The molecule has 1 saturated carbocycles. The number of aromatic carboxylic acids is 1. The van der Waals surface area contributed by atoms with E-state index in [-0.39, 0.29) is 0 Å². The van der Waals surface area contributed by atoms with Gasteiger partial charge in [0, 0.05) is 6.04 Å². The third-order valence-electron chi connectivity index (χ3n) is 4.25. The minimum atomic E-state index is -0.899. The van der Waals surface area contributed by atoms with Gasteiger partial charge in [-0.15, -0.1) is 0 Å². The fraction of sp³-hybridized carbons (Fsp3) is 0.500. The number of benzene rings is 1. The molecule has 1 N–H and O–H groups in total. The Morgan fingerprint density at radius 2 is 2.25 bits per heavy atom. The Hall–Kier alpha value is -1.84. The molecule has 0 bridgehead atoms. The fourth-order valence-electron chi connectivity index (χ4n) is 3.01. The van der Waals surface area contributed by atoms with E-state index >= 15 is 0 Å². The molecule has 106 valence electrons. The lowest BCUT2D eigenvalue weighted by Crippen LogP contribution is -2.10. The Morgan fingerprint density at radius 3 is 2.85 bits per heavy atom. The first-order valence-electron chi connectivity index (χ1n) is 7.32. The molecular weight excluding hydrogens is 252 g/mol. The number of aromatic nitrogens is 2. The summed E-state index contributed by atoms with van der Waals surface area (Å²) in [4.78, 5) is 15.6. The van der Waals surface area contributed by atoms with E-state index in [1.165, 1.54) is 19.3 Å². The highest BCUT2D eigenvalue weighted by Crippen LogP contribution is 2.39. The second-order valence-corrected chi connectivity index (χ2v) is 5.78. The van der Waals surface area contributed by atoms with Crippen molar-refractivity contribution in [2.75, 3.05) is 0 Å². The highest BCUT2D eigenvalue weighted by molar-refractivity contribution is 5.92. The van der Waals surface area contributed by atoms with E-state index in [1.807, 2.05) is 13.0 Å². The predicted molar refractivity (Wildman–Crippen MR) is 78.1 cm³/mol. The first kappa shape index (κ1) is 13.2. The smallest absolute Gasteiger partial charge is 0.335 e. The summed E-state index contributed by atoms with van der Waals surface area (Å²) in [5.41, 5.74) is 2.15. The van der Waals surface area contributed by atoms with E-state index in [0.717, 1.165) is 29.2 Å². The predicted octanol–water partition coefficient (Wildman–Crippen LogP) is 3.79. The molecule has 0 saturated heterocycles. The van der Waals surface area contributed by atoms with Crippen LogP contribution in [0.15, 0.2) is 18.2 Å². The van der Waals surface area contributed by atoms with Crippen LogP contribution >= 0.6 is 0 Å². The molecular formula is C16H20N2O2. The van der Waals surface area contributed by atoms with Gasteiger partial charge in [-0.2, -0.15) is 0 Å². The van der Waals surface area contributed by atoms with Gasteiger partial charge in [-0.25, -0.2) is 9.78 Å². The van der Waals surface area contributed by atoms with E-state index in [9.17, 15) is 4.79 Å². The molecule has 1 unspecified atom stereocenters. The van der Waals surface area contributed by atoms with Crippen molar-refractivity contribution in [3.05, 3.63) is 29.6 Å². The van der Waals surface area contributed by atoms with Crippen LogP contribution in [0.1, 0.15) is 54.8 Å². The lowest BCUT2D eigenvalue weighted by Gasteiger charge is -2.19. The summed E-state index contributed by atoms with van der Waals surface area (Å²) in [6, 6.07) is 5.72. The number of nitrogens with zero attached hydrogens (tertiary/aromatic N) is 2. The van der Waals surface area contributed by atoms with Gasteiger partial charge in [0.25, 0.3) is 0 Å². The summed E-state index contributed by atoms with van der Waals surface area (Å²) in [5, 5.41) is 9.07. The van der Waals surface area contributed by atoms with E-state index < -0.39 is 5.97 Å². The molecule has 0 radical (unpaired) electrons. The Labute approximate surface area is 118 Å². The van der Waals surface area contributed by atoms with Crippen LogP contribution in [0, 0.1) is 12.8 Å². The Morgan fingerprint density at radius 1 is 1.50 bits per heavy atom. The molecule has 1 aromatic heterocycles. The van der Waals surface area contributed by atoms with Crippen molar-refractivity contribution in [2.45, 2.75) is 45.6 Å². The zero-order valence-electron chi connectivity index (χ0n) is 12.0. The molecule has 1 atom stereocenters. The number of hydrogen-bond donors (Lipinski definition) is 1. The third kappa shape index (κ3) is 2.30. The molecule has 1 heterocycles. The topological polar surface area (TPSA) is 55.1 Å². The minimum absolute atomic E-state index is 0.303. The van der Waals surface area contributed by atoms with Crippen molar-refractivity contribution < 1.29 is 9.90 Å². The van der Waals surface area contributed by atoms with E-state index in [2.05, 4.69) is 16.5 Å². The number of hydrogen-bond acceptors (Lipinski definition) is 2. The second kappa shape index (κ2) is 4.93. The molecule has 3 rings (SSSR count). The summed E-state index contributed by atoms with van der Waals surface area (Å²) in [7, 11) is 0.